The number of carbonyl (C=O) groups is 1. The quantitative estimate of drug-likeness (QED) is 0.883. The van der Waals surface area contributed by atoms with E-state index in [1.54, 1.807) is 6.08 Å². The zero-order valence-corrected chi connectivity index (χ0v) is 12.9. The van der Waals surface area contributed by atoms with E-state index < -0.39 is 0 Å². The van der Waals surface area contributed by atoms with Crippen LogP contribution in [0.3, 0.4) is 0 Å². The largest absolute Gasteiger partial charge is 0.486 e. The third-order valence-electron chi connectivity index (χ3n) is 3.68. The van der Waals surface area contributed by atoms with Crippen LogP contribution in [0.4, 0.5) is 0 Å². The maximum Gasteiger partial charge on any atom is 0.244 e. The highest BCUT2D eigenvalue weighted by Crippen LogP contribution is 2.31. The Bertz CT molecular complexity index is 697. The van der Waals surface area contributed by atoms with E-state index in [1.807, 2.05) is 61.5 Å². The van der Waals surface area contributed by atoms with Crippen molar-refractivity contribution < 1.29 is 14.3 Å². The smallest absolute Gasteiger partial charge is 0.244 e. The molecule has 3 rings (SSSR count). The van der Waals surface area contributed by atoms with E-state index >= 15 is 0 Å². The number of rotatable bonds is 4. The van der Waals surface area contributed by atoms with Gasteiger partial charge in [0.2, 0.25) is 5.91 Å². The Morgan fingerprint density at radius 3 is 2.61 bits per heavy atom. The van der Waals surface area contributed by atoms with E-state index in [0.29, 0.717) is 12.4 Å². The topological polar surface area (TPSA) is 47.6 Å². The van der Waals surface area contributed by atoms with Gasteiger partial charge in [0.1, 0.15) is 6.61 Å². The van der Waals surface area contributed by atoms with Gasteiger partial charge < -0.3 is 14.8 Å². The van der Waals surface area contributed by atoms with Crippen molar-refractivity contribution in [2.45, 2.75) is 19.1 Å². The molecule has 118 valence electrons. The summed E-state index contributed by atoms with van der Waals surface area (Å²) in [5.41, 5.74) is 0.987. The van der Waals surface area contributed by atoms with E-state index in [9.17, 15) is 4.79 Å². The Balaban J connectivity index is 1.56. The van der Waals surface area contributed by atoms with Gasteiger partial charge in [-0.25, -0.2) is 0 Å². The second kappa shape index (κ2) is 7.01. The number of hydrogen-bond donors (Lipinski definition) is 1. The molecular formula is C19H19NO3. The molecule has 4 heteroatoms. The Labute approximate surface area is 135 Å². The first-order chi connectivity index (χ1) is 11.2. The maximum atomic E-state index is 12.0. The van der Waals surface area contributed by atoms with Gasteiger partial charge in [-0.15, -0.1) is 0 Å². The molecule has 1 aliphatic heterocycles. The molecule has 1 N–H and O–H groups in total. The molecule has 0 radical (unpaired) electrons. The molecule has 4 nitrogen and oxygen atoms in total. The maximum absolute atomic E-state index is 12.0. The summed E-state index contributed by atoms with van der Waals surface area (Å²) in [6.45, 7) is 2.33. The molecule has 0 spiro atoms. The predicted octanol–water partition coefficient (Wildman–Crippen LogP) is 3.04. The normalized spacial score (nSPS) is 17.7. The summed E-state index contributed by atoms with van der Waals surface area (Å²) >= 11 is 0. The van der Waals surface area contributed by atoms with Crippen molar-refractivity contribution in [2.75, 3.05) is 6.61 Å². The average Bonchev–Trinajstić information content (AvgIpc) is 2.60. The molecule has 0 bridgehead atoms. The monoisotopic (exact) mass is 309 g/mol. The van der Waals surface area contributed by atoms with Crippen LogP contribution in [-0.2, 0) is 4.79 Å². The van der Waals surface area contributed by atoms with Crippen LogP contribution in [0, 0.1) is 0 Å². The number of amides is 1. The number of benzene rings is 2. The van der Waals surface area contributed by atoms with Gasteiger partial charge in [0.05, 0.1) is 6.04 Å². The first-order valence-corrected chi connectivity index (χ1v) is 7.64. The van der Waals surface area contributed by atoms with Crippen LogP contribution in [0.25, 0.3) is 6.08 Å². The standard InChI is InChI=1S/C19H19NO3/c1-14(18-13-22-16-9-5-6-10-17(16)23-18)20-19(21)12-11-15-7-3-2-4-8-15/h2-12,14,18H,13H2,1H3,(H,20,21)/b12-11+. The molecule has 1 heterocycles. The Kier molecular flexibility index (Phi) is 4.62. The molecule has 0 aliphatic carbocycles. The third kappa shape index (κ3) is 3.92. The van der Waals surface area contributed by atoms with Crippen molar-refractivity contribution >= 4 is 12.0 Å². The second-order valence-corrected chi connectivity index (χ2v) is 5.46. The average molecular weight is 309 g/mol. The minimum absolute atomic E-state index is 0.149. The lowest BCUT2D eigenvalue weighted by Crippen LogP contribution is -2.47. The molecule has 2 atom stereocenters. The molecule has 1 aliphatic rings. The zero-order valence-electron chi connectivity index (χ0n) is 12.9. The van der Waals surface area contributed by atoms with Crippen molar-refractivity contribution in [2.24, 2.45) is 0 Å². The lowest BCUT2D eigenvalue weighted by Gasteiger charge is -2.30. The molecule has 0 aromatic heterocycles. The number of carbonyl (C=O) groups excluding carboxylic acids is 1. The van der Waals surface area contributed by atoms with Gasteiger partial charge in [0.25, 0.3) is 0 Å². The van der Waals surface area contributed by atoms with Gasteiger partial charge in [-0.2, -0.15) is 0 Å². The van der Waals surface area contributed by atoms with Crippen LogP contribution in [0.15, 0.2) is 60.7 Å². The first-order valence-electron chi connectivity index (χ1n) is 7.64. The van der Waals surface area contributed by atoms with E-state index in [4.69, 9.17) is 9.47 Å². The molecule has 2 aromatic rings. The minimum Gasteiger partial charge on any atom is -0.486 e. The van der Waals surface area contributed by atoms with Crippen LogP contribution in [0.1, 0.15) is 12.5 Å². The van der Waals surface area contributed by atoms with E-state index in [1.165, 1.54) is 6.08 Å². The van der Waals surface area contributed by atoms with E-state index in [2.05, 4.69) is 5.32 Å². The Hall–Kier alpha value is -2.75. The highest BCUT2D eigenvalue weighted by molar-refractivity contribution is 5.91. The molecule has 1 amide bonds. The number of fused-ring (bicyclic) bond motifs is 1. The molecule has 0 fully saturated rings. The number of ether oxygens (including phenoxy) is 2. The van der Waals surface area contributed by atoms with Gasteiger partial charge in [-0.1, -0.05) is 42.5 Å². The van der Waals surface area contributed by atoms with Crippen LogP contribution in [0.2, 0.25) is 0 Å². The summed E-state index contributed by atoms with van der Waals surface area (Å²) in [6.07, 6.45) is 3.11. The fourth-order valence-corrected chi connectivity index (χ4v) is 2.38. The Morgan fingerprint density at radius 2 is 1.83 bits per heavy atom. The van der Waals surface area contributed by atoms with E-state index in [-0.39, 0.29) is 18.1 Å². The minimum atomic E-state index is -0.209. The molecule has 2 unspecified atom stereocenters. The molecule has 23 heavy (non-hydrogen) atoms. The van der Waals surface area contributed by atoms with Crippen molar-refractivity contribution in [1.82, 2.24) is 5.32 Å². The summed E-state index contributed by atoms with van der Waals surface area (Å²) in [7, 11) is 0. The molecule has 2 aromatic carbocycles. The highest BCUT2D eigenvalue weighted by Gasteiger charge is 2.26. The van der Waals surface area contributed by atoms with Crippen LogP contribution >= 0.6 is 0 Å². The lowest BCUT2D eigenvalue weighted by atomic mass is 10.1. The highest BCUT2D eigenvalue weighted by atomic mass is 16.6. The third-order valence-corrected chi connectivity index (χ3v) is 3.68. The molecular weight excluding hydrogens is 290 g/mol. The van der Waals surface area contributed by atoms with Crippen LogP contribution in [-0.4, -0.2) is 24.7 Å². The number of para-hydroxylation sites is 2. The van der Waals surface area contributed by atoms with Gasteiger partial charge in [-0.05, 0) is 30.7 Å². The van der Waals surface area contributed by atoms with Gasteiger partial charge >= 0.3 is 0 Å². The zero-order chi connectivity index (χ0) is 16.1. The Morgan fingerprint density at radius 1 is 1.13 bits per heavy atom. The summed E-state index contributed by atoms with van der Waals surface area (Å²) in [5, 5.41) is 2.92. The van der Waals surface area contributed by atoms with Gasteiger partial charge in [0, 0.05) is 6.08 Å². The predicted molar refractivity (Wildman–Crippen MR) is 89.4 cm³/mol. The van der Waals surface area contributed by atoms with Crippen molar-refractivity contribution in [3.63, 3.8) is 0 Å². The van der Waals surface area contributed by atoms with E-state index in [0.717, 1.165) is 11.3 Å². The number of hydrogen-bond acceptors (Lipinski definition) is 3. The fraction of sp³-hybridized carbons (Fsp3) is 0.211. The van der Waals surface area contributed by atoms with Gasteiger partial charge in [0.15, 0.2) is 17.6 Å². The second-order valence-electron chi connectivity index (χ2n) is 5.46. The number of nitrogens with one attached hydrogen (secondary N) is 1. The summed E-state index contributed by atoms with van der Waals surface area (Å²) < 4.78 is 11.6. The van der Waals surface area contributed by atoms with Crippen molar-refractivity contribution in [3.8, 4) is 11.5 Å². The molecule has 0 saturated carbocycles. The van der Waals surface area contributed by atoms with Crippen molar-refractivity contribution in [3.05, 3.63) is 66.2 Å². The SMILES string of the molecule is CC(NC(=O)/C=C/c1ccccc1)C1COc2ccccc2O1. The summed E-state index contributed by atoms with van der Waals surface area (Å²) in [6, 6.07) is 17.1. The summed E-state index contributed by atoms with van der Waals surface area (Å²) in [5.74, 6) is 1.31. The fourth-order valence-electron chi connectivity index (χ4n) is 2.38. The molecule has 0 saturated heterocycles. The summed E-state index contributed by atoms with van der Waals surface area (Å²) in [4.78, 5) is 12.0. The van der Waals surface area contributed by atoms with Crippen LogP contribution in [0.5, 0.6) is 11.5 Å². The lowest BCUT2D eigenvalue weighted by molar-refractivity contribution is -0.117. The van der Waals surface area contributed by atoms with Crippen molar-refractivity contribution in [1.29, 1.82) is 0 Å². The van der Waals surface area contributed by atoms with Gasteiger partial charge in [-0.3, -0.25) is 4.79 Å². The first kappa shape index (κ1) is 15.2. The van der Waals surface area contributed by atoms with Crippen LogP contribution < -0.4 is 14.8 Å².